The van der Waals surface area contributed by atoms with Crippen LogP contribution in [0.4, 0.5) is 23.7 Å². The molecule has 2 amide bonds. The molecule has 0 aliphatic heterocycles. The summed E-state index contributed by atoms with van der Waals surface area (Å²) in [7, 11) is 0. The van der Waals surface area contributed by atoms with Gasteiger partial charge in [-0.25, -0.2) is 14.0 Å². The van der Waals surface area contributed by atoms with Crippen LogP contribution in [-0.2, 0) is 9.53 Å². The normalized spacial score (nSPS) is 12.4. The van der Waals surface area contributed by atoms with Crippen molar-refractivity contribution in [2.24, 2.45) is 0 Å². The first kappa shape index (κ1) is 23.8. The van der Waals surface area contributed by atoms with Gasteiger partial charge >= 0.3 is 18.0 Å². The molecule has 7 nitrogen and oxygen atoms in total. The molecule has 0 spiro atoms. The van der Waals surface area contributed by atoms with Gasteiger partial charge < -0.3 is 15.2 Å². The molecule has 0 fully saturated rings. The molecule has 0 bridgehead atoms. The van der Waals surface area contributed by atoms with Crippen molar-refractivity contribution < 1.29 is 37.4 Å². The Kier molecular flexibility index (Phi) is 6.46. The van der Waals surface area contributed by atoms with Crippen molar-refractivity contribution in [3.63, 3.8) is 0 Å². The number of hydrogen-bond acceptors (Lipinski definition) is 4. The fraction of sp³-hybridized carbons (Fsp3) is 0.160. The number of hydrogen-bond donors (Lipinski definition) is 3. The predicted molar refractivity (Wildman–Crippen MR) is 120 cm³/mol. The van der Waals surface area contributed by atoms with Gasteiger partial charge in [0.25, 0.3) is 5.91 Å². The van der Waals surface area contributed by atoms with E-state index >= 15 is 0 Å². The van der Waals surface area contributed by atoms with Gasteiger partial charge in [-0.05, 0) is 40.5 Å². The van der Waals surface area contributed by atoms with E-state index < -0.39 is 36.3 Å². The van der Waals surface area contributed by atoms with Crippen LogP contribution in [0.25, 0.3) is 11.1 Å². The highest BCUT2D eigenvalue weighted by atomic mass is 19.3. The molecule has 0 atom stereocenters. The lowest BCUT2D eigenvalue weighted by atomic mass is 9.98. The van der Waals surface area contributed by atoms with Crippen LogP contribution < -0.4 is 10.6 Å². The zero-order valence-corrected chi connectivity index (χ0v) is 18.1. The number of nitrogens with one attached hydrogen (secondary N) is 2. The number of aliphatic carboxylic acids is 1. The minimum atomic E-state index is -4.19. The lowest BCUT2D eigenvalue weighted by Gasteiger charge is -2.15. The maximum absolute atomic E-state index is 14.0. The number of fused-ring (bicyclic) bond motifs is 3. The summed E-state index contributed by atoms with van der Waals surface area (Å²) in [5, 5.41) is 12.5. The summed E-state index contributed by atoms with van der Waals surface area (Å²) in [5.74, 6) is -8.85. The predicted octanol–water partition coefficient (Wildman–Crippen LogP) is 4.64. The first-order valence-electron chi connectivity index (χ1n) is 10.5. The third-order valence-electron chi connectivity index (χ3n) is 5.53. The quantitative estimate of drug-likeness (QED) is 0.453. The molecule has 0 saturated carbocycles. The minimum absolute atomic E-state index is 0.00674. The van der Waals surface area contributed by atoms with Crippen LogP contribution in [0.5, 0.6) is 0 Å². The number of carboxylic acid groups (broad SMARTS) is 1. The summed E-state index contributed by atoms with van der Waals surface area (Å²) in [5.41, 5.74) is 3.57. The number of anilines is 1. The molecule has 3 aromatic carbocycles. The highest BCUT2D eigenvalue weighted by Gasteiger charge is 2.39. The Morgan fingerprint density at radius 3 is 2.14 bits per heavy atom. The average molecular weight is 484 g/mol. The van der Waals surface area contributed by atoms with E-state index in [1.54, 1.807) is 5.32 Å². The second kappa shape index (κ2) is 9.49. The number of carbonyl (C=O) groups is 3. The molecule has 3 N–H and O–H groups in total. The maximum atomic E-state index is 14.0. The second-order valence-electron chi connectivity index (χ2n) is 7.87. The van der Waals surface area contributed by atoms with Crippen LogP contribution in [-0.4, -0.2) is 42.2 Å². The molecular weight excluding hydrogens is 465 g/mol. The number of amides is 2. The molecule has 0 radical (unpaired) electrons. The molecule has 1 aliphatic carbocycles. The molecule has 35 heavy (non-hydrogen) atoms. The van der Waals surface area contributed by atoms with E-state index in [4.69, 9.17) is 9.84 Å². The summed E-state index contributed by atoms with van der Waals surface area (Å²) in [6.07, 6.45) is -0.902. The maximum Gasteiger partial charge on any atom is 0.411 e. The number of carbonyl (C=O) groups excluding carboxylic acids is 2. The van der Waals surface area contributed by atoms with Gasteiger partial charge in [-0.2, -0.15) is 8.78 Å². The van der Waals surface area contributed by atoms with E-state index in [1.165, 1.54) is 0 Å². The van der Waals surface area contributed by atoms with Crippen molar-refractivity contribution in [3.05, 3.63) is 89.2 Å². The van der Waals surface area contributed by atoms with Gasteiger partial charge in [0.1, 0.15) is 12.4 Å². The van der Waals surface area contributed by atoms with Crippen LogP contribution in [0.1, 0.15) is 27.4 Å². The lowest BCUT2D eigenvalue weighted by molar-refractivity contribution is -0.163. The standard InChI is InChI=1S/C25H19F3N2O5/c26-15-9-14(22(31)29-13-25(27,28)23(32)33)10-16(11-15)30-24(34)35-12-21-19-7-3-1-5-17(19)18-6-2-4-8-20(18)21/h1-11,21H,12-13H2,(H,29,31)(H,30,34)(H,32,33). The molecule has 10 heteroatoms. The number of alkyl halides is 2. The molecule has 0 heterocycles. The lowest BCUT2D eigenvalue weighted by Crippen LogP contribution is -2.42. The molecular formula is C25H19F3N2O5. The summed E-state index contributed by atoms with van der Waals surface area (Å²) in [4.78, 5) is 35.0. The molecule has 1 aliphatic rings. The molecule has 3 aromatic rings. The Morgan fingerprint density at radius 1 is 0.943 bits per heavy atom. The van der Waals surface area contributed by atoms with E-state index in [9.17, 15) is 27.6 Å². The monoisotopic (exact) mass is 484 g/mol. The van der Waals surface area contributed by atoms with E-state index in [-0.39, 0.29) is 23.8 Å². The summed E-state index contributed by atoms with van der Waals surface area (Å²) < 4.78 is 45.7. The smallest absolute Gasteiger partial charge is 0.411 e. The first-order chi connectivity index (χ1) is 16.7. The second-order valence-corrected chi connectivity index (χ2v) is 7.87. The number of rotatable bonds is 7. The highest BCUT2D eigenvalue weighted by molar-refractivity contribution is 5.96. The van der Waals surface area contributed by atoms with Gasteiger partial charge in [0.05, 0.1) is 6.54 Å². The van der Waals surface area contributed by atoms with Crippen molar-refractivity contribution >= 4 is 23.7 Å². The zero-order valence-electron chi connectivity index (χ0n) is 18.1. The Hall–Kier alpha value is -4.34. The van der Waals surface area contributed by atoms with Crippen molar-refractivity contribution in [2.45, 2.75) is 11.8 Å². The summed E-state index contributed by atoms with van der Waals surface area (Å²) in [6, 6.07) is 18.2. The molecule has 0 aromatic heterocycles. The summed E-state index contributed by atoms with van der Waals surface area (Å²) in [6.45, 7) is -1.47. The Bertz CT molecular complexity index is 1270. The van der Waals surface area contributed by atoms with Gasteiger partial charge in [0.15, 0.2) is 0 Å². The molecule has 180 valence electrons. The molecule has 0 saturated heterocycles. The van der Waals surface area contributed by atoms with Crippen molar-refractivity contribution in [1.82, 2.24) is 5.32 Å². The van der Waals surface area contributed by atoms with Gasteiger partial charge in [0.2, 0.25) is 0 Å². The Morgan fingerprint density at radius 2 is 1.54 bits per heavy atom. The van der Waals surface area contributed by atoms with E-state index in [1.807, 2.05) is 48.5 Å². The van der Waals surface area contributed by atoms with Gasteiger partial charge in [0, 0.05) is 17.2 Å². The molecule has 4 rings (SSSR count). The number of carboxylic acids is 1. The van der Waals surface area contributed by atoms with Crippen LogP contribution in [0, 0.1) is 5.82 Å². The third kappa shape index (κ3) is 5.11. The topological polar surface area (TPSA) is 105 Å². The number of ether oxygens (including phenoxy) is 1. The van der Waals surface area contributed by atoms with Crippen LogP contribution in [0.15, 0.2) is 66.7 Å². The van der Waals surface area contributed by atoms with Crippen molar-refractivity contribution in [3.8, 4) is 11.1 Å². The SMILES string of the molecule is O=C(Nc1cc(F)cc(C(=O)NCC(F)(F)C(=O)O)c1)OCC1c2ccccc2-c2ccccc21. The van der Waals surface area contributed by atoms with Crippen molar-refractivity contribution in [1.29, 1.82) is 0 Å². The summed E-state index contributed by atoms with van der Waals surface area (Å²) >= 11 is 0. The Labute approximate surface area is 197 Å². The van der Waals surface area contributed by atoms with E-state index in [2.05, 4.69) is 5.32 Å². The average Bonchev–Trinajstić information content (AvgIpc) is 3.14. The number of halogens is 3. The minimum Gasteiger partial charge on any atom is -0.477 e. The fourth-order valence-corrected chi connectivity index (χ4v) is 3.91. The van der Waals surface area contributed by atoms with E-state index in [0.29, 0.717) is 0 Å². The molecule has 0 unspecified atom stereocenters. The van der Waals surface area contributed by atoms with Crippen LogP contribution in [0.3, 0.4) is 0 Å². The van der Waals surface area contributed by atoms with Gasteiger partial charge in [-0.15, -0.1) is 0 Å². The van der Waals surface area contributed by atoms with Crippen LogP contribution >= 0.6 is 0 Å². The van der Waals surface area contributed by atoms with E-state index in [0.717, 1.165) is 40.5 Å². The third-order valence-corrected chi connectivity index (χ3v) is 5.53. The number of benzene rings is 3. The largest absolute Gasteiger partial charge is 0.477 e. The van der Waals surface area contributed by atoms with Gasteiger partial charge in [-0.3, -0.25) is 10.1 Å². The highest BCUT2D eigenvalue weighted by Crippen LogP contribution is 2.44. The fourth-order valence-electron chi connectivity index (χ4n) is 3.91. The van der Waals surface area contributed by atoms with Crippen molar-refractivity contribution in [2.75, 3.05) is 18.5 Å². The Balaban J connectivity index is 1.41. The van der Waals surface area contributed by atoms with Crippen LogP contribution in [0.2, 0.25) is 0 Å². The zero-order chi connectivity index (χ0) is 25.2. The van der Waals surface area contributed by atoms with Gasteiger partial charge in [-0.1, -0.05) is 48.5 Å². The first-order valence-corrected chi connectivity index (χ1v) is 10.5.